The van der Waals surface area contributed by atoms with E-state index in [0.29, 0.717) is 10.4 Å². The van der Waals surface area contributed by atoms with Crippen LogP contribution in [0.5, 0.6) is 0 Å². The van der Waals surface area contributed by atoms with Crippen molar-refractivity contribution in [3.05, 3.63) is 0 Å². The summed E-state index contributed by atoms with van der Waals surface area (Å²) in [5.41, 5.74) is 0. The number of carbonyl (C=O) groups is 1. The lowest BCUT2D eigenvalue weighted by atomic mass is 10.1. The van der Waals surface area contributed by atoms with Crippen molar-refractivity contribution in [2.45, 2.75) is 84.0 Å². The smallest absolute Gasteiger partial charge is 0.313 e. The van der Waals surface area contributed by atoms with Crippen LogP contribution in [-0.2, 0) is 17.4 Å². The molecule has 0 aliphatic carbocycles. The Morgan fingerprint density at radius 2 is 1.05 bits per heavy atom. The first-order valence-electron chi connectivity index (χ1n) is 8.74. The molecule has 128 valence electrons. The van der Waals surface area contributed by atoms with Gasteiger partial charge in [0.2, 0.25) is 0 Å². The molecule has 0 aromatic heterocycles. The van der Waals surface area contributed by atoms with E-state index in [9.17, 15) is 4.79 Å². The van der Waals surface area contributed by atoms with Crippen LogP contribution in [0.1, 0.15) is 84.0 Å². The van der Waals surface area contributed by atoms with Gasteiger partial charge >= 0.3 is 5.91 Å². The molecule has 0 aromatic rings. The zero-order valence-corrected chi connectivity index (χ0v) is 16.1. The summed E-state index contributed by atoms with van der Waals surface area (Å²) in [6.07, 6.45) is 17.1. The van der Waals surface area contributed by atoms with E-state index in [1.807, 2.05) is 21.1 Å². The minimum Gasteiger partial charge on any atom is -0.796 e. The van der Waals surface area contributed by atoms with Gasteiger partial charge in [-0.25, -0.2) is 4.79 Å². The van der Waals surface area contributed by atoms with E-state index in [0.717, 1.165) is 12.8 Å². The van der Waals surface area contributed by atoms with Gasteiger partial charge in [0.05, 0.1) is 27.6 Å². The van der Waals surface area contributed by atoms with Gasteiger partial charge in [-0.3, -0.25) is 4.48 Å². The number of hydrogen-bond donors (Lipinski definition) is 0. The van der Waals surface area contributed by atoms with Crippen LogP contribution in [0.4, 0.5) is 0 Å². The second kappa shape index (κ2) is 16.4. The van der Waals surface area contributed by atoms with Gasteiger partial charge in [-0.15, -0.1) is 0 Å². The van der Waals surface area contributed by atoms with Gasteiger partial charge in [0.1, 0.15) is 0 Å². The fraction of sp³-hybridized carbons (Fsp3) is 0.944. The van der Waals surface area contributed by atoms with Crippen LogP contribution in [0.2, 0.25) is 0 Å². The molecule has 0 heterocycles. The van der Waals surface area contributed by atoms with Gasteiger partial charge in [-0.05, 0) is 6.42 Å². The first kappa shape index (κ1) is 23.2. The Morgan fingerprint density at radius 1 is 0.714 bits per heavy atom. The average Bonchev–Trinajstić information content (AvgIpc) is 2.45. The second-order valence-electron chi connectivity index (χ2n) is 6.69. The molecule has 0 aliphatic heterocycles. The third-order valence-corrected chi connectivity index (χ3v) is 3.74. The molecule has 0 saturated heterocycles. The topological polar surface area (TPSA) is 17.1 Å². The molecule has 1 amide bonds. The number of hydrogen-bond acceptors (Lipinski definition) is 2. The molecule has 0 saturated carbocycles. The largest absolute Gasteiger partial charge is 0.796 e. The number of rotatable bonds is 12. The van der Waals surface area contributed by atoms with Gasteiger partial charge in [0, 0.05) is 0 Å². The Bertz CT molecular complexity index is 224. The quantitative estimate of drug-likeness (QED) is 0.283. The van der Waals surface area contributed by atoms with Crippen LogP contribution in [-0.4, -0.2) is 37.8 Å². The highest BCUT2D eigenvalue weighted by Crippen LogP contribution is 2.12. The van der Waals surface area contributed by atoms with Gasteiger partial charge in [0.15, 0.2) is 0 Å². The molecule has 0 unspecified atom stereocenters. The lowest BCUT2D eigenvalue weighted by molar-refractivity contribution is -0.792. The predicted molar refractivity (Wildman–Crippen MR) is 97.4 cm³/mol. The maximum absolute atomic E-state index is 11.7. The molecular formula is C18H39NOS. The summed E-state index contributed by atoms with van der Waals surface area (Å²) in [5, 5.41) is 0. The lowest BCUT2D eigenvalue weighted by Crippen LogP contribution is -2.40. The summed E-state index contributed by atoms with van der Waals surface area (Å²) >= 11 is 4.08. The number of carbonyl (C=O) groups excluding carboxylic acids is 1. The minimum atomic E-state index is 0.357. The second-order valence-corrected chi connectivity index (χ2v) is 6.69. The Morgan fingerprint density at radius 3 is 1.38 bits per heavy atom. The van der Waals surface area contributed by atoms with Crippen molar-refractivity contribution in [1.29, 1.82) is 0 Å². The van der Waals surface area contributed by atoms with Crippen molar-refractivity contribution in [3.8, 4) is 0 Å². The van der Waals surface area contributed by atoms with Crippen molar-refractivity contribution >= 4 is 18.5 Å². The van der Waals surface area contributed by atoms with Crippen molar-refractivity contribution in [1.82, 2.24) is 0 Å². The van der Waals surface area contributed by atoms with Gasteiger partial charge < -0.3 is 12.6 Å². The minimum absolute atomic E-state index is 0.357. The summed E-state index contributed by atoms with van der Waals surface area (Å²) in [5.74, 6) is 0.357. The molecule has 21 heavy (non-hydrogen) atoms. The highest BCUT2D eigenvalue weighted by molar-refractivity contribution is 7.57. The van der Waals surface area contributed by atoms with Crippen LogP contribution in [0.25, 0.3) is 0 Å². The van der Waals surface area contributed by atoms with Crippen LogP contribution < -0.4 is 0 Å². The molecule has 0 fully saturated rings. The Hall–Kier alpha value is -0.0200. The van der Waals surface area contributed by atoms with E-state index in [-0.39, 0.29) is 0 Å². The zero-order valence-electron chi connectivity index (χ0n) is 15.2. The molecule has 0 aromatic carbocycles. The summed E-state index contributed by atoms with van der Waals surface area (Å²) < 4.78 is 0.470. The fourth-order valence-electron chi connectivity index (χ4n) is 2.28. The summed E-state index contributed by atoms with van der Waals surface area (Å²) in [6.45, 7) is 2.27. The highest BCUT2D eigenvalue weighted by atomic mass is 32.1. The van der Waals surface area contributed by atoms with Crippen LogP contribution in [0.15, 0.2) is 0 Å². The summed E-state index contributed by atoms with van der Waals surface area (Å²) in [7, 11) is 5.88. The molecule has 0 atom stereocenters. The molecule has 0 radical (unpaired) electrons. The Kier molecular flexibility index (Phi) is 18.1. The summed E-state index contributed by atoms with van der Waals surface area (Å²) in [6, 6.07) is 0. The lowest BCUT2D eigenvalue weighted by Gasteiger charge is -2.20. The monoisotopic (exact) mass is 317 g/mol. The van der Waals surface area contributed by atoms with Gasteiger partial charge in [-0.1, -0.05) is 71.1 Å². The van der Waals surface area contributed by atoms with Crippen molar-refractivity contribution in [3.63, 3.8) is 0 Å². The Balaban J connectivity index is 0. The maximum Gasteiger partial charge on any atom is 0.313 e. The molecule has 0 bridgehead atoms. The molecule has 0 N–H and O–H groups in total. The first-order chi connectivity index (χ1) is 9.98. The van der Waals surface area contributed by atoms with E-state index in [2.05, 4.69) is 19.6 Å². The molecule has 2 nitrogen and oxygen atoms in total. The van der Waals surface area contributed by atoms with E-state index >= 15 is 0 Å². The standard InChI is InChI=1S/C17H36NO.CH4S/c1-5-6-7-8-9-10-11-12-13-14-15-16-17(19)18(2,3)4;1-2/h5-16H2,1-4H3;2H,1H3/q+1;/p-1. The molecular weight excluding hydrogens is 278 g/mol. The van der Waals surface area contributed by atoms with Crippen molar-refractivity contribution in [2.24, 2.45) is 0 Å². The third-order valence-electron chi connectivity index (χ3n) is 3.74. The molecule has 0 spiro atoms. The van der Waals surface area contributed by atoms with Crippen molar-refractivity contribution in [2.75, 3.05) is 27.4 Å². The Labute approximate surface area is 139 Å². The molecule has 3 heteroatoms. The predicted octanol–water partition coefficient (Wildman–Crippen LogP) is 5.08. The van der Waals surface area contributed by atoms with E-state index < -0.39 is 0 Å². The number of amides is 1. The van der Waals surface area contributed by atoms with Crippen molar-refractivity contribution < 1.29 is 9.28 Å². The van der Waals surface area contributed by atoms with E-state index in [1.54, 1.807) is 6.26 Å². The average molecular weight is 318 g/mol. The van der Waals surface area contributed by atoms with Crippen LogP contribution in [0.3, 0.4) is 0 Å². The van der Waals surface area contributed by atoms with Crippen LogP contribution in [0, 0.1) is 0 Å². The first-order valence-corrected chi connectivity index (χ1v) is 9.55. The SMILES string of the molecule is CCCCCCCCCCCCCC(=O)[N+](C)(C)C.C[S-]. The maximum atomic E-state index is 11.7. The molecule has 0 rings (SSSR count). The number of quaternary nitrogens is 1. The zero-order chi connectivity index (χ0) is 16.6. The third kappa shape index (κ3) is 17.9. The summed E-state index contributed by atoms with van der Waals surface area (Å²) in [4.78, 5) is 11.7. The fourth-order valence-corrected chi connectivity index (χ4v) is 2.28. The van der Waals surface area contributed by atoms with Gasteiger partial charge in [-0.2, -0.15) is 6.26 Å². The number of unbranched alkanes of at least 4 members (excludes halogenated alkanes) is 10. The van der Waals surface area contributed by atoms with Gasteiger partial charge in [0.25, 0.3) is 0 Å². The number of nitrogens with zero attached hydrogens (tertiary/aromatic N) is 1. The van der Waals surface area contributed by atoms with E-state index in [4.69, 9.17) is 0 Å². The van der Waals surface area contributed by atoms with E-state index in [1.165, 1.54) is 64.2 Å². The normalized spacial score (nSPS) is 11.0. The van der Waals surface area contributed by atoms with Crippen LogP contribution >= 0.6 is 0 Å². The highest BCUT2D eigenvalue weighted by Gasteiger charge is 2.18. The molecule has 0 aliphatic rings.